The maximum Gasteiger partial charge on any atom is 0.257 e. The van der Waals surface area contributed by atoms with E-state index >= 15 is 0 Å². The lowest BCUT2D eigenvalue weighted by Gasteiger charge is -2.03. The van der Waals surface area contributed by atoms with Crippen molar-refractivity contribution in [1.82, 2.24) is 4.98 Å². The smallest absolute Gasteiger partial charge is 0.257 e. The number of halogens is 1. The zero-order valence-electron chi connectivity index (χ0n) is 9.98. The van der Waals surface area contributed by atoms with Gasteiger partial charge in [0.15, 0.2) is 0 Å². The van der Waals surface area contributed by atoms with E-state index in [1.54, 1.807) is 18.3 Å². The van der Waals surface area contributed by atoms with Crippen molar-refractivity contribution in [1.29, 1.82) is 0 Å². The zero-order chi connectivity index (χ0) is 13.2. The normalized spacial score (nSPS) is 10.6. The molecule has 0 spiro atoms. The fourth-order valence-electron chi connectivity index (χ4n) is 2.01. The molecule has 0 fully saturated rings. The van der Waals surface area contributed by atoms with Gasteiger partial charge in [0.05, 0.1) is 5.56 Å². The summed E-state index contributed by atoms with van der Waals surface area (Å²) in [5, 5.41) is 4.36. The Morgan fingerprint density at radius 3 is 2.68 bits per heavy atom. The summed E-state index contributed by atoms with van der Waals surface area (Å²) >= 11 is 5.92. The number of nitrogens with one attached hydrogen (secondary N) is 2. The molecule has 0 aliphatic rings. The van der Waals surface area contributed by atoms with Crippen molar-refractivity contribution in [3.8, 4) is 0 Å². The van der Waals surface area contributed by atoms with E-state index in [1.807, 2.05) is 36.4 Å². The fraction of sp³-hybridized carbons (Fsp3) is 0. The molecule has 0 aliphatic heterocycles. The van der Waals surface area contributed by atoms with E-state index in [0.29, 0.717) is 10.6 Å². The summed E-state index contributed by atoms with van der Waals surface area (Å²) in [7, 11) is 0. The highest BCUT2D eigenvalue weighted by atomic mass is 35.5. The predicted octanol–water partition coefficient (Wildman–Crippen LogP) is 4.07. The third-order valence-corrected chi connectivity index (χ3v) is 3.16. The molecular weight excluding hydrogens is 260 g/mol. The van der Waals surface area contributed by atoms with Gasteiger partial charge in [0, 0.05) is 27.8 Å². The van der Waals surface area contributed by atoms with Crippen LogP contribution in [0.1, 0.15) is 10.4 Å². The van der Waals surface area contributed by atoms with Gasteiger partial charge in [-0.15, -0.1) is 0 Å². The highest BCUT2D eigenvalue weighted by molar-refractivity contribution is 6.31. The molecule has 4 heteroatoms. The molecule has 0 aliphatic carbocycles. The number of rotatable bonds is 2. The molecule has 0 saturated heterocycles. The van der Waals surface area contributed by atoms with Gasteiger partial charge >= 0.3 is 0 Å². The maximum absolute atomic E-state index is 12.2. The maximum atomic E-state index is 12.2. The van der Waals surface area contributed by atoms with Gasteiger partial charge < -0.3 is 10.3 Å². The minimum absolute atomic E-state index is 0.139. The molecular formula is C15H11ClN2O. The summed E-state index contributed by atoms with van der Waals surface area (Å²) in [5.74, 6) is -0.139. The third-order valence-electron chi connectivity index (χ3n) is 2.92. The third kappa shape index (κ3) is 2.33. The summed E-state index contributed by atoms with van der Waals surface area (Å²) < 4.78 is 0. The van der Waals surface area contributed by atoms with E-state index in [0.717, 1.165) is 16.6 Å². The number of carbonyl (C=O) groups is 1. The van der Waals surface area contributed by atoms with Crippen LogP contribution >= 0.6 is 11.6 Å². The topological polar surface area (TPSA) is 44.9 Å². The minimum Gasteiger partial charge on any atom is -0.360 e. The first-order valence-electron chi connectivity index (χ1n) is 5.87. The van der Waals surface area contributed by atoms with Crippen molar-refractivity contribution in [3.05, 3.63) is 65.3 Å². The molecule has 0 saturated carbocycles. The first-order valence-corrected chi connectivity index (χ1v) is 6.25. The van der Waals surface area contributed by atoms with Crippen molar-refractivity contribution in [2.45, 2.75) is 0 Å². The number of para-hydroxylation sites is 1. The van der Waals surface area contributed by atoms with Gasteiger partial charge in [0.1, 0.15) is 0 Å². The predicted molar refractivity (Wildman–Crippen MR) is 77.7 cm³/mol. The minimum atomic E-state index is -0.139. The number of amides is 1. The number of H-pyrrole nitrogens is 1. The number of benzene rings is 2. The Bertz CT molecular complexity index is 734. The monoisotopic (exact) mass is 270 g/mol. The average Bonchev–Trinajstić information content (AvgIpc) is 2.82. The van der Waals surface area contributed by atoms with E-state index in [1.165, 1.54) is 0 Å². The van der Waals surface area contributed by atoms with Crippen LogP contribution in [0.25, 0.3) is 10.9 Å². The first-order chi connectivity index (χ1) is 9.24. The lowest BCUT2D eigenvalue weighted by molar-refractivity contribution is 0.102. The molecule has 2 aromatic carbocycles. The van der Waals surface area contributed by atoms with Gasteiger partial charge in [-0.1, -0.05) is 35.9 Å². The van der Waals surface area contributed by atoms with Crippen LogP contribution in [0.4, 0.5) is 5.69 Å². The number of anilines is 1. The van der Waals surface area contributed by atoms with Gasteiger partial charge in [-0.05, 0) is 24.3 Å². The lowest BCUT2D eigenvalue weighted by atomic mass is 10.1. The van der Waals surface area contributed by atoms with Crippen molar-refractivity contribution in [2.24, 2.45) is 0 Å². The Morgan fingerprint density at radius 1 is 1.11 bits per heavy atom. The number of carbonyl (C=O) groups excluding carboxylic acids is 1. The molecule has 0 atom stereocenters. The van der Waals surface area contributed by atoms with Crippen LogP contribution in [0, 0.1) is 0 Å². The summed E-state index contributed by atoms with van der Waals surface area (Å²) in [6, 6.07) is 14.8. The van der Waals surface area contributed by atoms with Crippen LogP contribution in [0.15, 0.2) is 54.7 Å². The summed E-state index contributed by atoms with van der Waals surface area (Å²) in [5.41, 5.74) is 2.23. The summed E-state index contributed by atoms with van der Waals surface area (Å²) in [6.45, 7) is 0. The largest absolute Gasteiger partial charge is 0.360 e. The second-order valence-electron chi connectivity index (χ2n) is 4.21. The van der Waals surface area contributed by atoms with Gasteiger partial charge in [-0.3, -0.25) is 4.79 Å². The second-order valence-corrected chi connectivity index (χ2v) is 4.65. The molecule has 1 amide bonds. The lowest BCUT2D eigenvalue weighted by Crippen LogP contribution is -2.11. The molecule has 0 unspecified atom stereocenters. The molecule has 1 aromatic heterocycles. The molecule has 19 heavy (non-hydrogen) atoms. The molecule has 1 heterocycles. The standard InChI is InChI=1S/C15H11ClN2O/c16-10-6-7-12-13(9-17-14(12)8-10)15(19)18-11-4-2-1-3-5-11/h1-9,17H,(H,18,19). The molecule has 3 rings (SSSR count). The quantitative estimate of drug-likeness (QED) is 0.724. The van der Waals surface area contributed by atoms with Gasteiger partial charge in [-0.25, -0.2) is 0 Å². The number of aromatic amines is 1. The molecule has 0 radical (unpaired) electrons. The summed E-state index contributed by atoms with van der Waals surface area (Å²) in [4.78, 5) is 15.3. The average molecular weight is 271 g/mol. The zero-order valence-corrected chi connectivity index (χ0v) is 10.7. The van der Waals surface area contributed by atoms with E-state index in [4.69, 9.17) is 11.6 Å². The van der Waals surface area contributed by atoms with Crippen LogP contribution in [-0.4, -0.2) is 10.9 Å². The highest BCUT2D eigenvalue weighted by Crippen LogP contribution is 2.22. The Morgan fingerprint density at radius 2 is 1.89 bits per heavy atom. The van der Waals surface area contributed by atoms with Crippen LogP contribution in [0.2, 0.25) is 5.02 Å². The van der Waals surface area contributed by atoms with Gasteiger partial charge in [-0.2, -0.15) is 0 Å². The van der Waals surface area contributed by atoms with Crippen LogP contribution in [-0.2, 0) is 0 Å². The first kappa shape index (κ1) is 11.8. The highest BCUT2D eigenvalue weighted by Gasteiger charge is 2.12. The number of aromatic nitrogens is 1. The van der Waals surface area contributed by atoms with Gasteiger partial charge in [0.25, 0.3) is 5.91 Å². The molecule has 3 aromatic rings. The molecule has 2 N–H and O–H groups in total. The Kier molecular flexibility index (Phi) is 2.97. The number of fused-ring (bicyclic) bond motifs is 1. The molecule has 0 bridgehead atoms. The Hall–Kier alpha value is -2.26. The van der Waals surface area contributed by atoms with E-state index in [9.17, 15) is 4.79 Å². The summed E-state index contributed by atoms with van der Waals surface area (Å²) in [6.07, 6.45) is 1.69. The Balaban J connectivity index is 1.94. The van der Waals surface area contributed by atoms with Crippen LogP contribution in [0.5, 0.6) is 0 Å². The Labute approximate surface area is 115 Å². The van der Waals surface area contributed by atoms with E-state index < -0.39 is 0 Å². The van der Waals surface area contributed by atoms with Crippen molar-refractivity contribution in [3.63, 3.8) is 0 Å². The van der Waals surface area contributed by atoms with Crippen molar-refractivity contribution < 1.29 is 4.79 Å². The SMILES string of the molecule is O=C(Nc1ccccc1)c1c[nH]c2cc(Cl)ccc12. The van der Waals surface area contributed by atoms with Crippen LogP contribution < -0.4 is 5.32 Å². The second kappa shape index (κ2) is 4.78. The van der Waals surface area contributed by atoms with Gasteiger partial charge in [0.2, 0.25) is 0 Å². The van der Waals surface area contributed by atoms with Crippen molar-refractivity contribution >= 4 is 34.1 Å². The van der Waals surface area contributed by atoms with E-state index in [-0.39, 0.29) is 5.91 Å². The fourth-order valence-corrected chi connectivity index (χ4v) is 2.18. The van der Waals surface area contributed by atoms with Crippen LogP contribution in [0.3, 0.4) is 0 Å². The molecule has 3 nitrogen and oxygen atoms in total. The number of hydrogen-bond donors (Lipinski definition) is 2. The van der Waals surface area contributed by atoms with E-state index in [2.05, 4.69) is 10.3 Å². The van der Waals surface area contributed by atoms with Crippen molar-refractivity contribution in [2.75, 3.05) is 5.32 Å². The molecule has 94 valence electrons. The number of hydrogen-bond acceptors (Lipinski definition) is 1.